The van der Waals surface area contributed by atoms with Crippen LogP contribution < -0.4 is 10.6 Å². The van der Waals surface area contributed by atoms with Gasteiger partial charge in [-0.3, -0.25) is 4.79 Å². The number of hydrogen-bond acceptors (Lipinski definition) is 5. The van der Waals surface area contributed by atoms with Gasteiger partial charge in [0, 0.05) is 48.9 Å². The monoisotopic (exact) mass is 387 g/mol. The van der Waals surface area contributed by atoms with Crippen LogP contribution in [-0.4, -0.2) is 34.2 Å². The number of fused-ring (bicyclic) bond motifs is 1. The fourth-order valence-corrected chi connectivity index (χ4v) is 3.11. The summed E-state index contributed by atoms with van der Waals surface area (Å²) in [6.07, 6.45) is 5.34. The Morgan fingerprint density at radius 1 is 1.03 bits per heavy atom. The van der Waals surface area contributed by atoms with Crippen LogP contribution in [0, 0.1) is 0 Å². The number of carbonyl (C=O) groups excluding carboxylic acids is 1. The van der Waals surface area contributed by atoms with Crippen LogP contribution in [0.3, 0.4) is 0 Å². The number of anilines is 3. The van der Waals surface area contributed by atoms with Gasteiger partial charge in [0.05, 0.1) is 17.8 Å². The standard InChI is InChI=1S/C22H21N5O2/c1-29-15-14-27-13-10-18-19(4-2-5-20(18)27)26-21(28)16-6-8-17(9-7-16)25-22-23-11-3-12-24-22/h2-13H,14-15H2,1H3,(H,26,28)(H,23,24,25). The highest BCUT2D eigenvalue weighted by molar-refractivity contribution is 6.09. The molecule has 4 rings (SSSR count). The zero-order chi connectivity index (χ0) is 20.1. The second kappa shape index (κ2) is 8.53. The van der Waals surface area contributed by atoms with E-state index >= 15 is 0 Å². The molecule has 0 saturated carbocycles. The number of rotatable bonds is 7. The summed E-state index contributed by atoms with van der Waals surface area (Å²) >= 11 is 0. The van der Waals surface area contributed by atoms with Crippen LogP contribution in [-0.2, 0) is 11.3 Å². The number of benzene rings is 2. The summed E-state index contributed by atoms with van der Waals surface area (Å²) in [4.78, 5) is 21.0. The lowest BCUT2D eigenvalue weighted by Gasteiger charge is -2.09. The molecule has 0 fully saturated rings. The van der Waals surface area contributed by atoms with Gasteiger partial charge in [-0.05, 0) is 48.5 Å². The van der Waals surface area contributed by atoms with Crippen molar-refractivity contribution in [3.8, 4) is 0 Å². The molecular formula is C22H21N5O2. The van der Waals surface area contributed by atoms with Crippen molar-refractivity contribution >= 4 is 34.1 Å². The molecular weight excluding hydrogens is 366 g/mol. The van der Waals surface area contributed by atoms with Gasteiger partial charge in [0.1, 0.15) is 0 Å². The fourth-order valence-electron chi connectivity index (χ4n) is 3.11. The van der Waals surface area contributed by atoms with Gasteiger partial charge in [-0.2, -0.15) is 0 Å². The van der Waals surface area contributed by atoms with E-state index in [2.05, 4.69) is 25.2 Å². The van der Waals surface area contributed by atoms with Crippen molar-refractivity contribution in [3.63, 3.8) is 0 Å². The largest absolute Gasteiger partial charge is 0.383 e. The highest BCUT2D eigenvalue weighted by Gasteiger charge is 2.10. The number of nitrogens with zero attached hydrogens (tertiary/aromatic N) is 3. The molecule has 4 aromatic rings. The highest BCUT2D eigenvalue weighted by Crippen LogP contribution is 2.25. The van der Waals surface area contributed by atoms with E-state index in [-0.39, 0.29) is 5.91 Å². The molecule has 2 N–H and O–H groups in total. The summed E-state index contributed by atoms with van der Waals surface area (Å²) in [5.41, 5.74) is 3.22. The molecule has 0 aliphatic carbocycles. The van der Waals surface area contributed by atoms with Gasteiger partial charge in [0.15, 0.2) is 0 Å². The van der Waals surface area contributed by atoms with Gasteiger partial charge in [-0.1, -0.05) is 6.07 Å². The van der Waals surface area contributed by atoms with Crippen LogP contribution >= 0.6 is 0 Å². The van der Waals surface area contributed by atoms with Crippen molar-refractivity contribution in [3.05, 3.63) is 78.8 Å². The third kappa shape index (κ3) is 4.25. The van der Waals surface area contributed by atoms with Crippen LogP contribution in [0.25, 0.3) is 10.9 Å². The number of carbonyl (C=O) groups is 1. The molecule has 2 heterocycles. The summed E-state index contributed by atoms with van der Waals surface area (Å²) < 4.78 is 7.27. The minimum absolute atomic E-state index is 0.162. The van der Waals surface area contributed by atoms with E-state index in [1.165, 1.54) is 0 Å². The van der Waals surface area contributed by atoms with Crippen molar-refractivity contribution in [2.75, 3.05) is 24.4 Å². The summed E-state index contributed by atoms with van der Waals surface area (Å²) in [5.74, 6) is 0.346. The zero-order valence-corrected chi connectivity index (χ0v) is 16.0. The number of hydrogen-bond donors (Lipinski definition) is 2. The van der Waals surface area contributed by atoms with E-state index in [0.29, 0.717) is 18.1 Å². The second-order valence-electron chi connectivity index (χ2n) is 6.47. The Labute approximate surface area is 168 Å². The van der Waals surface area contributed by atoms with Crippen LogP contribution in [0.2, 0.25) is 0 Å². The Morgan fingerprint density at radius 2 is 1.83 bits per heavy atom. The number of ether oxygens (including phenoxy) is 1. The SMILES string of the molecule is COCCn1ccc2c(NC(=O)c3ccc(Nc4ncccn4)cc3)cccc21. The number of amides is 1. The van der Waals surface area contributed by atoms with Crippen LogP contribution in [0.5, 0.6) is 0 Å². The maximum atomic E-state index is 12.7. The van der Waals surface area contributed by atoms with Gasteiger partial charge in [0.25, 0.3) is 5.91 Å². The topological polar surface area (TPSA) is 81.1 Å². The summed E-state index contributed by atoms with van der Waals surface area (Å²) in [6.45, 7) is 1.39. The number of aromatic nitrogens is 3. The lowest BCUT2D eigenvalue weighted by molar-refractivity contribution is 0.102. The van der Waals surface area contributed by atoms with Crippen molar-refractivity contribution < 1.29 is 9.53 Å². The molecule has 146 valence electrons. The first-order chi connectivity index (χ1) is 14.2. The molecule has 0 spiro atoms. The normalized spacial score (nSPS) is 10.8. The minimum Gasteiger partial charge on any atom is -0.383 e. The first kappa shape index (κ1) is 18.6. The average Bonchev–Trinajstić information content (AvgIpc) is 3.17. The fraction of sp³-hybridized carbons (Fsp3) is 0.136. The van der Waals surface area contributed by atoms with Gasteiger partial charge in [0.2, 0.25) is 5.95 Å². The van der Waals surface area contributed by atoms with Crippen molar-refractivity contribution in [2.45, 2.75) is 6.54 Å². The predicted molar refractivity (Wildman–Crippen MR) is 114 cm³/mol. The third-order valence-corrected chi connectivity index (χ3v) is 4.57. The molecule has 2 aromatic heterocycles. The summed E-state index contributed by atoms with van der Waals surface area (Å²) in [5, 5.41) is 7.10. The smallest absolute Gasteiger partial charge is 0.255 e. The van der Waals surface area contributed by atoms with Crippen LogP contribution in [0.4, 0.5) is 17.3 Å². The third-order valence-electron chi connectivity index (χ3n) is 4.57. The van der Waals surface area contributed by atoms with E-state index in [0.717, 1.165) is 28.8 Å². The molecule has 0 bridgehead atoms. The Kier molecular flexibility index (Phi) is 5.49. The maximum absolute atomic E-state index is 12.7. The molecule has 0 saturated heterocycles. The molecule has 7 heteroatoms. The quantitative estimate of drug-likeness (QED) is 0.500. The molecule has 2 aromatic carbocycles. The van der Waals surface area contributed by atoms with E-state index in [1.807, 2.05) is 42.6 Å². The van der Waals surface area contributed by atoms with E-state index in [1.54, 1.807) is 37.7 Å². The molecule has 0 aliphatic heterocycles. The van der Waals surface area contributed by atoms with Crippen LogP contribution in [0.15, 0.2) is 73.2 Å². The van der Waals surface area contributed by atoms with E-state index < -0.39 is 0 Å². The summed E-state index contributed by atoms with van der Waals surface area (Å²) in [6, 6.07) is 16.8. The number of nitrogens with one attached hydrogen (secondary N) is 2. The second-order valence-corrected chi connectivity index (χ2v) is 6.47. The summed E-state index contributed by atoms with van der Waals surface area (Å²) in [7, 11) is 1.69. The average molecular weight is 387 g/mol. The number of methoxy groups -OCH3 is 1. The lowest BCUT2D eigenvalue weighted by atomic mass is 10.1. The first-order valence-corrected chi connectivity index (χ1v) is 9.27. The van der Waals surface area contributed by atoms with E-state index in [9.17, 15) is 4.79 Å². The highest BCUT2D eigenvalue weighted by atomic mass is 16.5. The lowest BCUT2D eigenvalue weighted by Crippen LogP contribution is -2.12. The van der Waals surface area contributed by atoms with E-state index in [4.69, 9.17) is 4.74 Å². The van der Waals surface area contributed by atoms with Gasteiger partial charge in [-0.15, -0.1) is 0 Å². The Morgan fingerprint density at radius 3 is 2.59 bits per heavy atom. The Balaban J connectivity index is 1.48. The zero-order valence-electron chi connectivity index (χ0n) is 16.0. The molecule has 0 radical (unpaired) electrons. The van der Waals surface area contributed by atoms with Gasteiger partial charge >= 0.3 is 0 Å². The van der Waals surface area contributed by atoms with Crippen molar-refractivity contribution in [2.24, 2.45) is 0 Å². The molecule has 29 heavy (non-hydrogen) atoms. The first-order valence-electron chi connectivity index (χ1n) is 9.27. The molecule has 0 unspecified atom stereocenters. The Bertz CT molecular complexity index is 1110. The molecule has 0 aliphatic rings. The van der Waals surface area contributed by atoms with Crippen molar-refractivity contribution in [1.82, 2.24) is 14.5 Å². The van der Waals surface area contributed by atoms with Gasteiger partial charge < -0.3 is 19.9 Å². The maximum Gasteiger partial charge on any atom is 0.255 e. The molecule has 0 atom stereocenters. The van der Waals surface area contributed by atoms with Crippen molar-refractivity contribution in [1.29, 1.82) is 0 Å². The minimum atomic E-state index is -0.162. The Hall–Kier alpha value is -3.71. The van der Waals surface area contributed by atoms with Crippen LogP contribution in [0.1, 0.15) is 10.4 Å². The van der Waals surface area contributed by atoms with Gasteiger partial charge in [-0.25, -0.2) is 9.97 Å². The predicted octanol–water partition coefficient (Wildman–Crippen LogP) is 4.07. The molecule has 7 nitrogen and oxygen atoms in total. The molecule has 1 amide bonds.